The molecule has 0 atom stereocenters. The van der Waals surface area contributed by atoms with Crippen molar-refractivity contribution in [2.45, 2.75) is 18.9 Å². The van der Waals surface area contributed by atoms with Crippen molar-refractivity contribution in [1.29, 1.82) is 0 Å². The number of methoxy groups -OCH3 is 1. The summed E-state index contributed by atoms with van der Waals surface area (Å²) in [6.45, 7) is 3.64. The van der Waals surface area contributed by atoms with Gasteiger partial charge >= 0.3 is 0 Å². The summed E-state index contributed by atoms with van der Waals surface area (Å²) in [5, 5.41) is 3.29. The van der Waals surface area contributed by atoms with E-state index >= 15 is 0 Å². The van der Waals surface area contributed by atoms with Crippen molar-refractivity contribution in [1.82, 2.24) is 5.32 Å². The van der Waals surface area contributed by atoms with Gasteiger partial charge in [-0.3, -0.25) is 0 Å². The summed E-state index contributed by atoms with van der Waals surface area (Å²) in [6.07, 6.45) is 2.75. The fraction of sp³-hybridized carbons (Fsp3) is 1.00. The fourth-order valence-electron chi connectivity index (χ4n) is 1.26. The van der Waals surface area contributed by atoms with Gasteiger partial charge in [-0.1, -0.05) is 0 Å². The second kappa shape index (κ2) is 5.52. The van der Waals surface area contributed by atoms with Crippen LogP contribution in [0.3, 0.4) is 0 Å². The van der Waals surface area contributed by atoms with E-state index in [0.29, 0.717) is 12.7 Å². The molecule has 1 saturated heterocycles. The molecule has 0 amide bonds. The highest BCUT2D eigenvalue weighted by Gasteiger charge is 2.12. The summed E-state index contributed by atoms with van der Waals surface area (Å²) in [5.41, 5.74) is 0. The van der Waals surface area contributed by atoms with Gasteiger partial charge in [0.1, 0.15) is 0 Å². The number of ether oxygens (including phenoxy) is 2. The van der Waals surface area contributed by atoms with Gasteiger partial charge in [-0.15, -0.1) is 0 Å². The van der Waals surface area contributed by atoms with Crippen molar-refractivity contribution >= 4 is 0 Å². The van der Waals surface area contributed by atoms with E-state index in [1.807, 2.05) is 0 Å². The van der Waals surface area contributed by atoms with Gasteiger partial charge in [0.05, 0.1) is 19.3 Å². The molecule has 1 aliphatic rings. The summed E-state index contributed by atoms with van der Waals surface area (Å²) < 4.78 is 10.5. The smallest absolute Gasteiger partial charge is 0.0704 e. The first-order valence-electron chi connectivity index (χ1n) is 4.24. The van der Waals surface area contributed by atoms with Gasteiger partial charge in [-0.2, -0.15) is 0 Å². The largest absolute Gasteiger partial charge is 0.382 e. The Balaban J connectivity index is 1.96. The summed E-state index contributed by atoms with van der Waals surface area (Å²) in [6, 6.07) is 0. The fourth-order valence-corrected chi connectivity index (χ4v) is 1.26. The van der Waals surface area contributed by atoms with Crippen LogP contribution in [0, 0.1) is 0 Å². The Bertz CT molecular complexity index is 92.1. The third-order valence-electron chi connectivity index (χ3n) is 1.93. The predicted octanol–water partition coefficient (Wildman–Crippen LogP) is 0.401. The molecule has 66 valence electrons. The lowest BCUT2D eigenvalue weighted by Gasteiger charge is -2.22. The Labute approximate surface area is 68.1 Å². The average molecular weight is 159 g/mol. The minimum absolute atomic E-state index is 0.464. The zero-order valence-corrected chi connectivity index (χ0v) is 7.14. The minimum atomic E-state index is 0.464. The number of hydrogen-bond donors (Lipinski definition) is 1. The molecule has 11 heavy (non-hydrogen) atoms. The molecule has 0 bridgehead atoms. The van der Waals surface area contributed by atoms with Gasteiger partial charge < -0.3 is 14.8 Å². The van der Waals surface area contributed by atoms with Crippen molar-refractivity contribution in [3.8, 4) is 0 Å². The van der Waals surface area contributed by atoms with Crippen molar-refractivity contribution in [2.75, 3.05) is 33.4 Å². The molecular weight excluding hydrogens is 142 g/mol. The van der Waals surface area contributed by atoms with Crippen LogP contribution in [0.5, 0.6) is 0 Å². The van der Waals surface area contributed by atoms with E-state index in [2.05, 4.69) is 5.32 Å². The highest BCUT2D eigenvalue weighted by Crippen LogP contribution is 2.06. The van der Waals surface area contributed by atoms with Gasteiger partial charge in [0, 0.05) is 7.11 Å². The van der Waals surface area contributed by atoms with Crippen LogP contribution >= 0.6 is 0 Å². The third-order valence-corrected chi connectivity index (χ3v) is 1.93. The zero-order chi connectivity index (χ0) is 7.94. The highest BCUT2D eigenvalue weighted by molar-refractivity contribution is 4.67. The average Bonchev–Trinajstić information content (AvgIpc) is 2.07. The summed E-state index contributed by atoms with van der Waals surface area (Å²) >= 11 is 0. The van der Waals surface area contributed by atoms with Gasteiger partial charge in [0.15, 0.2) is 0 Å². The second-order valence-electron chi connectivity index (χ2n) is 2.81. The highest BCUT2D eigenvalue weighted by atomic mass is 16.5. The van der Waals surface area contributed by atoms with Crippen LogP contribution in [0.15, 0.2) is 0 Å². The van der Waals surface area contributed by atoms with E-state index in [9.17, 15) is 0 Å². The molecule has 1 rings (SSSR count). The van der Waals surface area contributed by atoms with Crippen molar-refractivity contribution in [3.63, 3.8) is 0 Å². The predicted molar refractivity (Wildman–Crippen MR) is 43.7 cm³/mol. The maximum Gasteiger partial charge on any atom is 0.0704 e. The van der Waals surface area contributed by atoms with Crippen LogP contribution in [0.1, 0.15) is 12.8 Å². The van der Waals surface area contributed by atoms with Crippen molar-refractivity contribution in [3.05, 3.63) is 0 Å². The number of nitrogens with one attached hydrogen (secondary N) is 1. The van der Waals surface area contributed by atoms with E-state index in [4.69, 9.17) is 9.47 Å². The first-order chi connectivity index (χ1) is 5.43. The Morgan fingerprint density at radius 3 is 2.64 bits per heavy atom. The van der Waals surface area contributed by atoms with Crippen molar-refractivity contribution in [2.24, 2.45) is 0 Å². The van der Waals surface area contributed by atoms with E-state index in [1.54, 1.807) is 7.11 Å². The normalized spacial score (nSPS) is 20.5. The molecule has 0 aromatic carbocycles. The molecule has 0 spiro atoms. The summed E-state index contributed by atoms with van der Waals surface area (Å²) in [4.78, 5) is 0. The molecule has 0 radical (unpaired) electrons. The molecule has 3 nitrogen and oxygen atoms in total. The van der Waals surface area contributed by atoms with Crippen LogP contribution in [0.25, 0.3) is 0 Å². The zero-order valence-electron chi connectivity index (χ0n) is 7.14. The van der Waals surface area contributed by atoms with Crippen LogP contribution in [-0.4, -0.2) is 39.5 Å². The molecule has 0 aromatic heterocycles. The van der Waals surface area contributed by atoms with Crippen molar-refractivity contribution < 1.29 is 9.47 Å². The van der Waals surface area contributed by atoms with Crippen LogP contribution in [0.4, 0.5) is 0 Å². The van der Waals surface area contributed by atoms with Crippen LogP contribution in [0.2, 0.25) is 0 Å². The Kier molecular flexibility index (Phi) is 4.50. The quantitative estimate of drug-likeness (QED) is 0.602. The molecule has 1 heterocycles. The number of piperidine rings is 1. The van der Waals surface area contributed by atoms with E-state index in [-0.39, 0.29) is 0 Å². The van der Waals surface area contributed by atoms with Gasteiger partial charge in [0.25, 0.3) is 0 Å². The number of hydrogen-bond acceptors (Lipinski definition) is 3. The summed E-state index contributed by atoms with van der Waals surface area (Å²) in [5.74, 6) is 0. The lowest BCUT2D eigenvalue weighted by molar-refractivity contribution is 0.00321. The molecule has 0 saturated carbocycles. The van der Waals surface area contributed by atoms with Gasteiger partial charge in [0.2, 0.25) is 0 Å². The number of rotatable bonds is 4. The molecular formula is C8H17NO2. The Hall–Kier alpha value is -0.120. The SMILES string of the molecule is COCCOC1CCNCC1. The molecule has 0 aliphatic carbocycles. The maximum absolute atomic E-state index is 5.56. The maximum atomic E-state index is 5.56. The standard InChI is InChI=1S/C8H17NO2/c1-10-6-7-11-8-2-4-9-5-3-8/h8-9H,2-7H2,1H3. The minimum Gasteiger partial charge on any atom is -0.382 e. The molecule has 1 fully saturated rings. The van der Waals surface area contributed by atoms with Crippen LogP contribution in [-0.2, 0) is 9.47 Å². The molecule has 0 unspecified atom stereocenters. The second-order valence-corrected chi connectivity index (χ2v) is 2.81. The molecule has 0 aromatic rings. The monoisotopic (exact) mass is 159 g/mol. The molecule has 1 aliphatic heterocycles. The van der Waals surface area contributed by atoms with Crippen LogP contribution < -0.4 is 5.32 Å². The topological polar surface area (TPSA) is 30.5 Å². The summed E-state index contributed by atoms with van der Waals surface area (Å²) in [7, 11) is 1.70. The lowest BCUT2D eigenvalue weighted by Crippen LogP contribution is -2.33. The Morgan fingerprint density at radius 2 is 2.00 bits per heavy atom. The van der Waals surface area contributed by atoms with Gasteiger partial charge in [-0.05, 0) is 25.9 Å². The molecule has 3 heteroatoms. The van der Waals surface area contributed by atoms with E-state index < -0.39 is 0 Å². The first-order valence-corrected chi connectivity index (χ1v) is 4.24. The van der Waals surface area contributed by atoms with E-state index in [1.165, 1.54) is 0 Å². The Morgan fingerprint density at radius 1 is 1.27 bits per heavy atom. The first kappa shape index (κ1) is 8.97. The molecule has 1 N–H and O–H groups in total. The van der Waals surface area contributed by atoms with Gasteiger partial charge in [-0.25, -0.2) is 0 Å². The lowest BCUT2D eigenvalue weighted by atomic mass is 10.1. The van der Waals surface area contributed by atoms with E-state index in [0.717, 1.165) is 32.5 Å². The third kappa shape index (κ3) is 3.70.